The maximum absolute atomic E-state index is 15.5. The Kier molecular flexibility index (Phi) is 16.0. The summed E-state index contributed by atoms with van der Waals surface area (Å²) in [6.45, 7) is 1.45. The van der Waals surface area contributed by atoms with Gasteiger partial charge < -0.3 is 51.0 Å². The SMILES string of the molecule is CC[C@@]1(O)C(=O)OCc2c1cc1n(c2=O)Cc2c-1nc1cc(F)c(C)c3c1c2[C@@H](NC(=O)C1(OCNC(=O)CNC(=O)C(Cc2ccccc2)NC(=O)CNC(=O)CNC(=O)CCCCCN2C(=O)C=CC2=O)CCC1)CC3. The van der Waals surface area contributed by atoms with Crippen molar-refractivity contribution in [3.8, 4) is 11.4 Å². The number of aryl methyl sites for hydroxylation is 1. The molecule has 22 nitrogen and oxygen atoms in total. The maximum atomic E-state index is 15.5. The molecule has 3 atom stereocenters. The number of carbonyl (C=O) groups is 9. The summed E-state index contributed by atoms with van der Waals surface area (Å²) in [6.07, 6.45) is 6.17. The number of benzene rings is 2. The molecule has 0 saturated heterocycles. The summed E-state index contributed by atoms with van der Waals surface area (Å²) >= 11 is 0. The third kappa shape index (κ3) is 11.0. The van der Waals surface area contributed by atoms with E-state index in [0.717, 1.165) is 10.5 Å². The maximum Gasteiger partial charge on any atom is 0.343 e. The summed E-state index contributed by atoms with van der Waals surface area (Å²) in [6, 6.07) is 9.91. The fourth-order valence-corrected chi connectivity index (χ4v) is 10.7. The first-order chi connectivity index (χ1) is 37.4. The van der Waals surface area contributed by atoms with Crippen LogP contribution in [0.1, 0.15) is 110 Å². The lowest BCUT2D eigenvalue weighted by Crippen LogP contribution is -2.56. The van der Waals surface area contributed by atoms with Gasteiger partial charge in [0.25, 0.3) is 23.3 Å². The van der Waals surface area contributed by atoms with Crippen molar-refractivity contribution in [3.63, 3.8) is 0 Å². The molecule has 23 heteroatoms. The molecule has 2 aromatic carbocycles. The highest BCUT2D eigenvalue weighted by Gasteiger charge is 2.48. The van der Waals surface area contributed by atoms with Crippen molar-refractivity contribution in [2.75, 3.05) is 32.9 Å². The number of aromatic nitrogens is 2. The fourth-order valence-electron chi connectivity index (χ4n) is 10.7. The number of hydrogen-bond acceptors (Lipinski definition) is 14. The second-order valence-corrected chi connectivity index (χ2v) is 20.2. The average molecular weight is 1070 g/mol. The summed E-state index contributed by atoms with van der Waals surface area (Å²) in [4.78, 5) is 135. The van der Waals surface area contributed by atoms with E-state index in [1.54, 1.807) is 50.2 Å². The van der Waals surface area contributed by atoms with E-state index in [4.69, 9.17) is 14.5 Å². The van der Waals surface area contributed by atoms with Gasteiger partial charge in [0.05, 0.1) is 54.7 Å². The molecule has 0 radical (unpaired) electrons. The highest BCUT2D eigenvalue weighted by atomic mass is 19.1. The number of esters is 1. The van der Waals surface area contributed by atoms with Gasteiger partial charge >= 0.3 is 5.97 Å². The number of amides is 8. The number of nitrogens with zero attached hydrogens (tertiary/aromatic N) is 3. The lowest BCUT2D eigenvalue weighted by atomic mass is 9.77. The van der Waals surface area contributed by atoms with Crippen LogP contribution in [-0.4, -0.2) is 117 Å². The number of hydrogen-bond donors (Lipinski definition) is 7. The number of imide groups is 1. The molecular weight excluding hydrogens is 1010 g/mol. The molecule has 0 bridgehead atoms. The first-order valence-electron chi connectivity index (χ1n) is 26.1. The van der Waals surface area contributed by atoms with E-state index in [2.05, 4.69) is 31.9 Å². The molecule has 410 valence electrons. The second-order valence-electron chi connectivity index (χ2n) is 20.2. The van der Waals surface area contributed by atoms with Crippen LogP contribution in [0.5, 0.6) is 0 Å². The summed E-state index contributed by atoms with van der Waals surface area (Å²) in [5.41, 5.74) is 0.628. The summed E-state index contributed by atoms with van der Waals surface area (Å²) in [7, 11) is 0. The Labute approximate surface area is 446 Å². The Hall–Kier alpha value is -8.18. The van der Waals surface area contributed by atoms with Gasteiger partial charge in [-0.3, -0.25) is 48.1 Å². The quantitative estimate of drug-likeness (QED) is 0.0222. The first-order valence-corrected chi connectivity index (χ1v) is 26.1. The Balaban J connectivity index is 0.779. The predicted molar refractivity (Wildman–Crippen MR) is 275 cm³/mol. The van der Waals surface area contributed by atoms with Crippen molar-refractivity contribution in [2.45, 2.75) is 121 Å². The number of halogens is 1. The lowest BCUT2D eigenvalue weighted by Gasteiger charge is -2.41. The van der Waals surface area contributed by atoms with Crippen LogP contribution in [-0.2, 0) is 84.2 Å². The molecule has 1 fully saturated rings. The molecule has 1 unspecified atom stereocenters. The Morgan fingerprint density at radius 3 is 2.29 bits per heavy atom. The molecule has 5 aliphatic rings. The molecule has 4 aromatic rings. The van der Waals surface area contributed by atoms with Gasteiger partial charge in [0.1, 0.15) is 30.8 Å². The Morgan fingerprint density at radius 2 is 1.58 bits per heavy atom. The van der Waals surface area contributed by atoms with Gasteiger partial charge in [-0.05, 0) is 86.6 Å². The molecule has 3 aliphatic heterocycles. The van der Waals surface area contributed by atoms with Crippen LogP contribution in [0, 0.1) is 12.7 Å². The summed E-state index contributed by atoms with van der Waals surface area (Å²) in [5.74, 6) is -5.63. The van der Waals surface area contributed by atoms with Crippen molar-refractivity contribution < 1.29 is 62.1 Å². The smallest absolute Gasteiger partial charge is 0.343 e. The first kappa shape index (κ1) is 54.6. The second kappa shape index (κ2) is 22.8. The fraction of sp³-hybridized carbons (Fsp3) is 0.436. The van der Waals surface area contributed by atoms with Crippen molar-refractivity contribution in [2.24, 2.45) is 0 Å². The molecule has 78 heavy (non-hydrogen) atoms. The largest absolute Gasteiger partial charge is 0.458 e. The van der Waals surface area contributed by atoms with Gasteiger partial charge in [-0.25, -0.2) is 14.2 Å². The highest BCUT2D eigenvalue weighted by molar-refractivity contribution is 6.12. The number of ether oxygens (including phenoxy) is 2. The van der Waals surface area contributed by atoms with Crippen LogP contribution in [0.3, 0.4) is 0 Å². The molecule has 5 heterocycles. The number of rotatable bonds is 22. The van der Waals surface area contributed by atoms with E-state index in [9.17, 15) is 53.1 Å². The van der Waals surface area contributed by atoms with E-state index < -0.39 is 102 Å². The van der Waals surface area contributed by atoms with Gasteiger partial charge in [-0.15, -0.1) is 0 Å². The van der Waals surface area contributed by atoms with Crippen LogP contribution in [0.15, 0.2) is 59.4 Å². The Bertz CT molecular complexity index is 3230. The predicted octanol–water partition coefficient (Wildman–Crippen LogP) is 1.21. The molecular formula is C55H60FN9O13. The minimum atomic E-state index is -2.06. The number of carbonyl (C=O) groups excluding carboxylic acids is 9. The molecule has 1 saturated carbocycles. The topological polar surface area (TPSA) is 303 Å². The monoisotopic (exact) mass is 1070 g/mol. The molecule has 2 aromatic heterocycles. The number of nitrogens with one attached hydrogen (secondary N) is 6. The van der Waals surface area contributed by atoms with E-state index >= 15 is 4.39 Å². The molecule has 8 amide bonds. The van der Waals surface area contributed by atoms with E-state index in [1.165, 1.54) is 22.8 Å². The van der Waals surface area contributed by atoms with Crippen molar-refractivity contribution in [1.82, 2.24) is 46.4 Å². The van der Waals surface area contributed by atoms with Crippen molar-refractivity contribution in [3.05, 3.63) is 110 Å². The third-order valence-corrected chi connectivity index (χ3v) is 15.3. The zero-order valence-electron chi connectivity index (χ0n) is 43.1. The van der Waals surface area contributed by atoms with Crippen molar-refractivity contribution >= 4 is 64.1 Å². The normalized spacial score (nSPS) is 18.7. The summed E-state index contributed by atoms with van der Waals surface area (Å²) < 4.78 is 28.4. The zero-order valence-corrected chi connectivity index (χ0v) is 43.1. The minimum Gasteiger partial charge on any atom is -0.458 e. The minimum absolute atomic E-state index is 0.0391. The van der Waals surface area contributed by atoms with Gasteiger partial charge in [0.15, 0.2) is 5.60 Å². The standard InChI is InChI=1S/C55H60FN9O13/c1-3-55(76)35-22-40-49-33(27-65(40)51(73)34(35)28-77-53(55)75)48-37(15-14-32-30(2)36(56)23-38(62-49)47(32)48)63-52(74)54(18-10-19-54)78-29-60-43(68)25-59-50(72)39(21-31-11-6-4-7-12-31)61-44(69)26-58-42(67)24-57-41(66)13-8-5-9-20-64-45(70)16-17-46(64)71/h4,6-7,11-12,16-17,22-23,37,39,76H,3,5,8-10,13-15,18-21,24-29H2,1-2H3,(H,57,66)(H,58,67)(H,59,72)(H,60,68)(H,61,69)(H,63,74)/t37-,39?,55-/m0/s1. The van der Waals surface area contributed by atoms with E-state index in [0.29, 0.717) is 95.9 Å². The van der Waals surface area contributed by atoms with Gasteiger partial charge in [0, 0.05) is 54.1 Å². The molecule has 0 spiro atoms. The van der Waals surface area contributed by atoms with Crippen LogP contribution >= 0.6 is 0 Å². The van der Waals surface area contributed by atoms with Crippen LogP contribution in [0.25, 0.3) is 22.3 Å². The highest BCUT2D eigenvalue weighted by Crippen LogP contribution is 2.47. The number of fused-ring (bicyclic) bond motifs is 5. The zero-order chi connectivity index (χ0) is 55.5. The molecule has 7 N–H and O–H groups in total. The number of aliphatic hydroxyl groups is 1. The third-order valence-electron chi connectivity index (χ3n) is 15.3. The molecule has 2 aliphatic carbocycles. The number of unbranched alkanes of at least 4 members (excludes halogenated alkanes) is 2. The molecule has 9 rings (SSSR count). The average Bonchev–Trinajstić information content (AvgIpc) is 4.11. The van der Waals surface area contributed by atoms with Crippen LogP contribution < -0.4 is 37.5 Å². The van der Waals surface area contributed by atoms with Gasteiger partial charge in [0.2, 0.25) is 29.5 Å². The summed E-state index contributed by atoms with van der Waals surface area (Å²) in [5, 5.41) is 27.9. The lowest BCUT2D eigenvalue weighted by molar-refractivity contribution is -0.172. The number of pyridine rings is 2. The van der Waals surface area contributed by atoms with Gasteiger partial charge in [-0.2, -0.15) is 0 Å². The van der Waals surface area contributed by atoms with Crippen LogP contribution in [0.4, 0.5) is 4.39 Å². The van der Waals surface area contributed by atoms with Gasteiger partial charge in [-0.1, -0.05) is 43.7 Å². The number of cyclic esters (lactones) is 1. The van der Waals surface area contributed by atoms with Crippen molar-refractivity contribution in [1.29, 1.82) is 0 Å². The van der Waals surface area contributed by atoms with E-state index in [-0.39, 0.29) is 61.9 Å². The van der Waals surface area contributed by atoms with E-state index in [1.807, 2.05) is 0 Å². The van der Waals surface area contributed by atoms with Crippen LogP contribution in [0.2, 0.25) is 0 Å². The Morgan fingerprint density at radius 1 is 0.872 bits per heavy atom.